The Bertz CT molecular complexity index is 1330. The van der Waals surface area contributed by atoms with Crippen LogP contribution in [-0.2, 0) is 25.7 Å². The standard InChI is InChI=1S/C35H43N3O5/c1-5-19-36(22-25-13-9-7-10-14-25)34(42)31-35-18-17-28(43-35)29(30(35)33(41)38(31)27(23-39)21-24(3)4)32(40)37(20-6-2)26-15-11-8-12-16-26/h5-16,24,27-31,39H,1-2,17-23H2,3-4H3/t27-,28-,29+,30+,31?,35?/m1/s1. The number of aliphatic hydroxyl groups excluding tert-OH is 1. The fourth-order valence-electron chi connectivity index (χ4n) is 7.47. The van der Waals surface area contributed by atoms with Gasteiger partial charge in [-0.05, 0) is 42.9 Å². The average molecular weight is 586 g/mol. The lowest BCUT2D eigenvalue weighted by Crippen LogP contribution is -2.58. The largest absolute Gasteiger partial charge is 0.394 e. The number of carbonyl (C=O) groups is 3. The molecular weight excluding hydrogens is 542 g/mol. The molecule has 3 aliphatic heterocycles. The quantitative estimate of drug-likeness (QED) is 0.356. The Kier molecular flexibility index (Phi) is 9.18. The van der Waals surface area contributed by atoms with Gasteiger partial charge in [0, 0.05) is 25.3 Å². The number of para-hydroxylation sites is 1. The van der Waals surface area contributed by atoms with Gasteiger partial charge in [0.15, 0.2) is 0 Å². The van der Waals surface area contributed by atoms with Gasteiger partial charge in [-0.25, -0.2) is 0 Å². The maximum Gasteiger partial charge on any atom is 0.249 e. The molecule has 228 valence electrons. The SMILES string of the molecule is C=CCN(Cc1ccccc1)C(=O)C1N([C@@H](CO)CC(C)C)C(=O)[C@@H]2[C@@H](C(=O)N(CC=C)c3ccccc3)[C@H]3CCC12O3. The summed E-state index contributed by atoms with van der Waals surface area (Å²) in [6, 6.07) is 17.5. The van der Waals surface area contributed by atoms with Crippen molar-refractivity contribution >= 4 is 23.4 Å². The highest BCUT2D eigenvalue weighted by Crippen LogP contribution is 2.59. The van der Waals surface area contributed by atoms with E-state index in [0.29, 0.717) is 31.5 Å². The molecule has 0 radical (unpaired) electrons. The zero-order chi connectivity index (χ0) is 30.7. The molecule has 3 saturated heterocycles. The highest BCUT2D eigenvalue weighted by Gasteiger charge is 2.75. The highest BCUT2D eigenvalue weighted by atomic mass is 16.5. The summed E-state index contributed by atoms with van der Waals surface area (Å²) >= 11 is 0. The number of ether oxygens (including phenoxy) is 1. The smallest absolute Gasteiger partial charge is 0.249 e. The van der Waals surface area contributed by atoms with Gasteiger partial charge < -0.3 is 24.5 Å². The number of aliphatic hydroxyl groups is 1. The summed E-state index contributed by atoms with van der Waals surface area (Å²) in [5, 5.41) is 10.6. The third-order valence-electron chi connectivity index (χ3n) is 9.13. The normalized spacial score (nSPS) is 26.3. The van der Waals surface area contributed by atoms with Crippen molar-refractivity contribution in [2.45, 2.75) is 63.4 Å². The Morgan fingerprint density at radius 1 is 1.05 bits per heavy atom. The molecular formula is C35H43N3O5. The summed E-state index contributed by atoms with van der Waals surface area (Å²) in [5.41, 5.74) is 0.513. The number of nitrogens with zero attached hydrogens (tertiary/aromatic N) is 3. The van der Waals surface area contributed by atoms with Crippen LogP contribution in [0.5, 0.6) is 0 Å². The highest BCUT2D eigenvalue weighted by molar-refractivity contribution is 6.03. The zero-order valence-corrected chi connectivity index (χ0v) is 25.2. The Hall–Kier alpha value is -3.75. The summed E-state index contributed by atoms with van der Waals surface area (Å²) in [7, 11) is 0. The van der Waals surface area contributed by atoms with Gasteiger partial charge in [0.2, 0.25) is 17.7 Å². The lowest BCUT2D eigenvalue weighted by atomic mass is 9.70. The third-order valence-corrected chi connectivity index (χ3v) is 9.13. The summed E-state index contributed by atoms with van der Waals surface area (Å²) < 4.78 is 6.70. The molecule has 3 fully saturated rings. The van der Waals surface area contributed by atoms with Gasteiger partial charge in [0.05, 0.1) is 30.6 Å². The summed E-state index contributed by atoms with van der Waals surface area (Å²) in [5.74, 6) is -2.15. The number of amides is 3. The van der Waals surface area contributed by atoms with Crippen molar-refractivity contribution in [3.8, 4) is 0 Å². The first kappa shape index (κ1) is 30.7. The minimum Gasteiger partial charge on any atom is -0.394 e. The molecule has 0 saturated carbocycles. The van der Waals surface area contributed by atoms with Crippen LogP contribution in [0.4, 0.5) is 5.69 Å². The van der Waals surface area contributed by atoms with Crippen LogP contribution >= 0.6 is 0 Å². The molecule has 2 unspecified atom stereocenters. The van der Waals surface area contributed by atoms with Crippen molar-refractivity contribution in [3.05, 3.63) is 91.5 Å². The predicted octanol–water partition coefficient (Wildman–Crippen LogP) is 4.20. The van der Waals surface area contributed by atoms with Crippen molar-refractivity contribution in [1.29, 1.82) is 0 Å². The van der Waals surface area contributed by atoms with Crippen molar-refractivity contribution in [2.24, 2.45) is 17.8 Å². The molecule has 3 amide bonds. The van der Waals surface area contributed by atoms with Crippen LogP contribution in [-0.4, -0.2) is 76.1 Å². The third kappa shape index (κ3) is 5.54. The molecule has 2 aromatic rings. The fraction of sp³-hybridized carbons (Fsp3) is 0.457. The minimum absolute atomic E-state index is 0.170. The second-order valence-electron chi connectivity index (χ2n) is 12.3. The molecule has 1 N–H and O–H groups in total. The number of likely N-dealkylation sites (tertiary alicyclic amines) is 1. The first-order valence-corrected chi connectivity index (χ1v) is 15.3. The Labute approximate surface area is 254 Å². The molecule has 0 aliphatic carbocycles. The molecule has 3 heterocycles. The maximum absolute atomic E-state index is 14.7. The van der Waals surface area contributed by atoms with E-state index in [1.807, 2.05) is 74.5 Å². The van der Waals surface area contributed by atoms with E-state index in [1.54, 1.807) is 26.9 Å². The number of rotatable bonds is 13. The van der Waals surface area contributed by atoms with E-state index in [9.17, 15) is 19.5 Å². The van der Waals surface area contributed by atoms with Gasteiger partial charge >= 0.3 is 0 Å². The second-order valence-corrected chi connectivity index (χ2v) is 12.3. The monoisotopic (exact) mass is 585 g/mol. The first-order chi connectivity index (χ1) is 20.8. The van der Waals surface area contributed by atoms with Gasteiger partial charge in [-0.15, -0.1) is 13.2 Å². The van der Waals surface area contributed by atoms with Gasteiger partial charge in [0.1, 0.15) is 11.6 Å². The van der Waals surface area contributed by atoms with Gasteiger partial charge in [0.25, 0.3) is 0 Å². The summed E-state index contributed by atoms with van der Waals surface area (Å²) in [6.45, 7) is 12.4. The lowest BCUT2D eigenvalue weighted by molar-refractivity contribution is -0.151. The predicted molar refractivity (Wildman–Crippen MR) is 166 cm³/mol. The molecule has 5 rings (SSSR count). The molecule has 1 spiro atoms. The summed E-state index contributed by atoms with van der Waals surface area (Å²) in [4.78, 5) is 48.6. The lowest BCUT2D eigenvalue weighted by Gasteiger charge is -2.39. The Balaban J connectivity index is 1.57. The molecule has 43 heavy (non-hydrogen) atoms. The number of carbonyl (C=O) groups excluding carboxylic acids is 3. The van der Waals surface area contributed by atoms with Crippen LogP contribution in [0.2, 0.25) is 0 Å². The van der Waals surface area contributed by atoms with Crippen LogP contribution in [0, 0.1) is 17.8 Å². The first-order valence-electron chi connectivity index (χ1n) is 15.3. The van der Waals surface area contributed by atoms with Crippen molar-refractivity contribution in [2.75, 3.05) is 24.6 Å². The summed E-state index contributed by atoms with van der Waals surface area (Å²) in [6.07, 6.45) is 4.46. The molecule has 8 heteroatoms. The molecule has 6 atom stereocenters. The number of hydrogen-bond donors (Lipinski definition) is 1. The van der Waals surface area contributed by atoms with Crippen LogP contribution in [0.25, 0.3) is 0 Å². The van der Waals surface area contributed by atoms with Gasteiger partial charge in [-0.2, -0.15) is 0 Å². The van der Waals surface area contributed by atoms with Crippen LogP contribution in [0.3, 0.4) is 0 Å². The number of benzene rings is 2. The topological polar surface area (TPSA) is 90.4 Å². The molecule has 3 aliphatic rings. The fourth-order valence-corrected chi connectivity index (χ4v) is 7.47. The zero-order valence-electron chi connectivity index (χ0n) is 25.2. The van der Waals surface area contributed by atoms with E-state index in [2.05, 4.69) is 13.2 Å². The van der Waals surface area contributed by atoms with Crippen molar-refractivity contribution < 1.29 is 24.2 Å². The van der Waals surface area contributed by atoms with E-state index in [-0.39, 0.29) is 43.3 Å². The van der Waals surface area contributed by atoms with E-state index in [1.165, 1.54) is 0 Å². The van der Waals surface area contributed by atoms with Crippen LogP contribution in [0.15, 0.2) is 86.0 Å². The van der Waals surface area contributed by atoms with Gasteiger partial charge in [-0.1, -0.05) is 74.5 Å². The number of hydrogen-bond acceptors (Lipinski definition) is 5. The Morgan fingerprint density at radius 3 is 2.30 bits per heavy atom. The van der Waals surface area contributed by atoms with Crippen LogP contribution < -0.4 is 4.90 Å². The van der Waals surface area contributed by atoms with E-state index >= 15 is 0 Å². The average Bonchev–Trinajstić information content (AvgIpc) is 3.66. The molecule has 0 aromatic heterocycles. The van der Waals surface area contributed by atoms with Crippen LogP contribution in [0.1, 0.15) is 38.7 Å². The number of fused-ring (bicyclic) bond motifs is 1. The minimum atomic E-state index is -1.16. The molecule has 2 aromatic carbocycles. The van der Waals surface area contributed by atoms with E-state index in [0.717, 1.165) is 5.56 Å². The van der Waals surface area contributed by atoms with Gasteiger partial charge in [-0.3, -0.25) is 14.4 Å². The molecule has 8 nitrogen and oxygen atoms in total. The van der Waals surface area contributed by atoms with E-state index in [4.69, 9.17) is 4.74 Å². The van der Waals surface area contributed by atoms with Crippen molar-refractivity contribution in [1.82, 2.24) is 9.80 Å². The van der Waals surface area contributed by atoms with Crippen molar-refractivity contribution in [3.63, 3.8) is 0 Å². The second kappa shape index (κ2) is 12.9. The molecule has 2 bridgehead atoms. The maximum atomic E-state index is 14.7. The Morgan fingerprint density at radius 2 is 1.70 bits per heavy atom. The number of anilines is 1. The van der Waals surface area contributed by atoms with E-state index < -0.39 is 35.6 Å².